The minimum atomic E-state index is -0.190. The minimum absolute atomic E-state index is 0.0386. The molecule has 1 fully saturated rings. The first-order valence-corrected chi connectivity index (χ1v) is 7.43. The Hall–Kier alpha value is -1.40. The van der Waals surface area contributed by atoms with Crippen LogP contribution in [0.4, 0.5) is 0 Å². The Morgan fingerprint density at radius 1 is 1.42 bits per heavy atom. The summed E-state index contributed by atoms with van der Waals surface area (Å²) in [6, 6.07) is 3.56. The van der Waals surface area contributed by atoms with Crippen LogP contribution in [-0.2, 0) is 4.79 Å². The first-order chi connectivity index (χ1) is 9.25. The van der Waals surface area contributed by atoms with Crippen LogP contribution in [0.2, 0.25) is 0 Å². The van der Waals surface area contributed by atoms with Crippen LogP contribution in [0.5, 0.6) is 0 Å². The van der Waals surface area contributed by atoms with Crippen molar-refractivity contribution < 1.29 is 9.59 Å². The topological polar surface area (TPSA) is 70.2 Å². The third-order valence-electron chi connectivity index (χ3n) is 3.14. The summed E-state index contributed by atoms with van der Waals surface area (Å²) in [4.78, 5) is 23.9. The van der Waals surface area contributed by atoms with E-state index in [0.29, 0.717) is 17.3 Å². The molecular formula is C13H19N3O2S. The van der Waals surface area contributed by atoms with E-state index in [1.807, 2.05) is 11.4 Å². The quantitative estimate of drug-likeness (QED) is 0.740. The van der Waals surface area contributed by atoms with Gasteiger partial charge in [0.05, 0.1) is 11.4 Å². The molecule has 1 aliphatic rings. The Balaban J connectivity index is 1.63. The number of carbonyl (C=O) groups excluding carboxylic acids is 2. The van der Waals surface area contributed by atoms with Gasteiger partial charge in [0.25, 0.3) is 5.91 Å². The van der Waals surface area contributed by atoms with E-state index in [1.165, 1.54) is 11.3 Å². The van der Waals surface area contributed by atoms with Gasteiger partial charge in [-0.2, -0.15) is 0 Å². The number of thiophene rings is 1. The van der Waals surface area contributed by atoms with Gasteiger partial charge in [-0.3, -0.25) is 9.59 Å². The maximum atomic E-state index is 11.6. The van der Waals surface area contributed by atoms with Gasteiger partial charge in [-0.1, -0.05) is 6.07 Å². The summed E-state index contributed by atoms with van der Waals surface area (Å²) in [7, 11) is 0. The van der Waals surface area contributed by atoms with E-state index in [9.17, 15) is 9.59 Å². The summed E-state index contributed by atoms with van der Waals surface area (Å²) >= 11 is 1.37. The fraction of sp³-hybridized carbons (Fsp3) is 0.538. The van der Waals surface area contributed by atoms with Crippen LogP contribution >= 0.6 is 11.3 Å². The van der Waals surface area contributed by atoms with E-state index in [0.717, 1.165) is 25.9 Å². The fourth-order valence-electron chi connectivity index (χ4n) is 2.07. The second-order valence-corrected chi connectivity index (χ2v) is 5.62. The van der Waals surface area contributed by atoms with Crippen molar-refractivity contribution in [3.05, 3.63) is 22.4 Å². The smallest absolute Gasteiger partial charge is 0.261 e. The van der Waals surface area contributed by atoms with Crippen LogP contribution in [0, 0.1) is 5.92 Å². The maximum absolute atomic E-state index is 11.6. The number of hydrogen-bond donors (Lipinski definition) is 3. The van der Waals surface area contributed by atoms with Gasteiger partial charge >= 0.3 is 0 Å². The second-order valence-electron chi connectivity index (χ2n) is 4.68. The normalized spacial score (nSPS) is 18.8. The largest absolute Gasteiger partial charge is 0.354 e. The standard InChI is InChI=1S/C13H19N3O2S/c17-12(15-8-10-3-1-5-14-7-10)9-16-13(18)11-4-2-6-19-11/h2,4,6,10,14H,1,3,5,7-9H2,(H,15,17)(H,16,18). The van der Waals surface area contributed by atoms with Gasteiger partial charge in [0.15, 0.2) is 0 Å². The number of rotatable bonds is 5. The lowest BCUT2D eigenvalue weighted by molar-refractivity contribution is -0.120. The Morgan fingerprint density at radius 3 is 3.00 bits per heavy atom. The van der Waals surface area contributed by atoms with Crippen LogP contribution in [-0.4, -0.2) is 38.0 Å². The maximum Gasteiger partial charge on any atom is 0.261 e. The molecule has 2 heterocycles. The molecule has 3 N–H and O–H groups in total. The molecule has 0 bridgehead atoms. The molecule has 1 unspecified atom stereocenters. The van der Waals surface area contributed by atoms with Gasteiger partial charge in [-0.05, 0) is 43.3 Å². The lowest BCUT2D eigenvalue weighted by Crippen LogP contribution is -2.42. The van der Waals surface area contributed by atoms with Crippen LogP contribution in [0.25, 0.3) is 0 Å². The van der Waals surface area contributed by atoms with Crippen molar-refractivity contribution in [3.8, 4) is 0 Å². The molecule has 6 heteroatoms. The van der Waals surface area contributed by atoms with E-state index in [1.54, 1.807) is 6.07 Å². The Morgan fingerprint density at radius 2 is 2.32 bits per heavy atom. The van der Waals surface area contributed by atoms with Gasteiger partial charge in [0.2, 0.25) is 5.91 Å². The van der Waals surface area contributed by atoms with Crippen molar-refractivity contribution in [2.45, 2.75) is 12.8 Å². The molecule has 19 heavy (non-hydrogen) atoms. The van der Waals surface area contributed by atoms with Crippen molar-refractivity contribution in [1.82, 2.24) is 16.0 Å². The Kier molecular flexibility index (Phi) is 5.35. The molecule has 1 aliphatic heterocycles. The molecule has 5 nitrogen and oxygen atoms in total. The van der Waals surface area contributed by atoms with E-state index < -0.39 is 0 Å². The zero-order valence-electron chi connectivity index (χ0n) is 10.8. The van der Waals surface area contributed by atoms with Gasteiger partial charge in [-0.15, -0.1) is 11.3 Å². The fourth-order valence-corrected chi connectivity index (χ4v) is 2.71. The molecule has 2 amide bonds. The van der Waals surface area contributed by atoms with Gasteiger partial charge in [-0.25, -0.2) is 0 Å². The van der Waals surface area contributed by atoms with E-state index in [4.69, 9.17) is 0 Å². The highest BCUT2D eigenvalue weighted by Gasteiger charge is 2.14. The average molecular weight is 281 g/mol. The molecule has 0 aliphatic carbocycles. The highest BCUT2D eigenvalue weighted by Crippen LogP contribution is 2.08. The highest BCUT2D eigenvalue weighted by molar-refractivity contribution is 7.12. The molecule has 0 radical (unpaired) electrons. The second kappa shape index (κ2) is 7.25. The molecule has 104 valence electrons. The molecule has 1 aromatic rings. The molecule has 0 saturated carbocycles. The summed E-state index contributed by atoms with van der Waals surface area (Å²) in [5, 5.41) is 10.6. The van der Waals surface area contributed by atoms with Crippen molar-refractivity contribution in [3.63, 3.8) is 0 Å². The van der Waals surface area contributed by atoms with Crippen molar-refractivity contribution in [1.29, 1.82) is 0 Å². The molecule has 1 atom stereocenters. The SMILES string of the molecule is O=C(CNC(=O)c1cccs1)NCC1CCCNC1. The van der Waals surface area contributed by atoms with Gasteiger partial charge in [0.1, 0.15) is 0 Å². The number of nitrogens with one attached hydrogen (secondary N) is 3. The van der Waals surface area contributed by atoms with Crippen LogP contribution in [0.1, 0.15) is 22.5 Å². The summed E-state index contributed by atoms with van der Waals surface area (Å²) < 4.78 is 0. The van der Waals surface area contributed by atoms with Crippen molar-refractivity contribution in [2.75, 3.05) is 26.2 Å². The average Bonchev–Trinajstić information content (AvgIpc) is 2.98. The number of piperidine rings is 1. The zero-order valence-corrected chi connectivity index (χ0v) is 11.6. The predicted octanol–water partition coefficient (Wildman–Crippen LogP) is 0.594. The summed E-state index contributed by atoms with van der Waals surface area (Å²) in [5.41, 5.74) is 0. The lowest BCUT2D eigenvalue weighted by Gasteiger charge is -2.22. The van der Waals surface area contributed by atoms with Crippen molar-refractivity contribution >= 4 is 23.2 Å². The Bertz CT molecular complexity index is 414. The molecular weight excluding hydrogens is 262 g/mol. The molecule has 0 spiro atoms. The van der Waals surface area contributed by atoms with Crippen LogP contribution < -0.4 is 16.0 Å². The first kappa shape index (κ1) is 14.0. The van der Waals surface area contributed by atoms with E-state index >= 15 is 0 Å². The van der Waals surface area contributed by atoms with Crippen molar-refractivity contribution in [2.24, 2.45) is 5.92 Å². The summed E-state index contributed by atoms with van der Waals surface area (Å²) in [6.07, 6.45) is 2.31. The van der Waals surface area contributed by atoms with Gasteiger partial charge in [0, 0.05) is 6.54 Å². The number of carbonyl (C=O) groups is 2. The third-order valence-corrected chi connectivity index (χ3v) is 4.01. The summed E-state index contributed by atoms with van der Waals surface area (Å²) in [5.74, 6) is 0.186. The van der Waals surface area contributed by atoms with Gasteiger partial charge < -0.3 is 16.0 Å². The highest BCUT2D eigenvalue weighted by atomic mass is 32.1. The van der Waals surface area contributed by atoms with E-state index in [2.05, 4.69) is 16.0 Å². The first-order valence-electron chi connectivity index (χ1n) is 6.55. The third kappa shape index (κ3) is 4.65. The molecule has 2 rings (SSSR count). The van der Waals surface area contributed by atoms with Crippen LogP contribution in [0.3, 0.4) is 0 Å². The Labute approximate surface area is 116 Å². The molecule has 0 aromatic carbocycles. The molecule has 1 saturated heterocycles. The van der Waals surface area contributed by atoms with E-state index in [-0.39, 0.29) is 18.4 Å². The number of hydrogen-bond acceptors (Lipinski definition) is 4. The number of amides is 2. The minimum Gasteiger partial charge on any atom is -0.354 e. The van der Waals surface area contributed by atoms with Crippen LogP contribution in [0.15, 0.2) is 17.5 Å². The predicted molar refractivity (Wildman–Crippen MR) is 75.3 cm³/mol. The monoisotopic (exact) mass is 281 g/mol. The lowest BCUT2D eigenvalue weighted by atomic mass is 10.00. The molecule has 1 aromatic heterocycles. The zero-order chi connectivity index (χ0) is 13.5. The summed E-state index contributed by atoms with van der Waals surface area (Å²) in [6.45, 7) is 2.75.